The van der Waals surface area contributed by atoms with Crippen molar-refractivity contribution in [2.24, 2.45) is 5.73 Å². The molecule has 1 aromatic rings. The second-order valence-electron chi connectivity index (χ2n) is 2.53. The lowest BCUT2D eigenvalue weighted by Gasteiger charge is -2.04. The lowest BCUT2D eigenvalue weighted by molar-refractivity contribution is -0.139. The van der Waals surface area contributed by atoms with Gasteiger partial charge in [-0.2, -0.15) is 0 Å². The van der Waals surface area contributed by atoms with Gasteiger partial charge in [0.05, 0.1) is 0 Å². The Morgan fingerprint density at radius 1 is 1.53 bits per heavy atom. The zero-order valence-corrected chi connectivity index (χ0v) is 8.19. The Labute approximate surface area is 89.6 Å². The second kappa shape index (κ2) is 4.61. The van der Waals surface area contributed by atoms with Gasteiger partial charge in [0.2, 0.25) is 0 Å². The molecular weight excluding hydrogens is 224 g/mol. The summed E-state index contributed by atoms with van der Waals surface area (Å²) in [5.74, 6) is -1.77. The van der Waals surface area contributed by atoms with Crippen molar-refractivity contribution in [3.05, 3.63) is 23.0 Å². The molecule has 6 nitrogen and oxygen atoms in total. The molecule has 0 aliphatic rings. The summed E-state index contributed by atoms with van der Waals surface area (Å²) in [6, 6.07) is 2.63. The van der Waals surface area contributed by atoms with E-state index in [0.717, 1.165) is 0 Å². The van der Waals surface area contributed by atoms with Crippen molar-refractivity contribution in [3.63, 3.8) is 0 Å². The standard InChI is InChI=1S/C8H7ClN2O4/c9-7-5(15-3-6(12)13)2-1-4(11-7)8(10)14/h1-2H,3H2,(H2,10,14)(H,12,13). The van der Waals surface area contributed by atoms with E-state index in [1.807, 2.05) is 0 Å². The molecule has 1 aromatic heterocycles. The van der Waals surface area contributed by atoms with Gasteiger partial charge in [0.15, 0.2) is 17.5 Å². The molecular formula is C8H7ClN2O4. The molecule has 7 heteroatoms. The minimum absolute atomic E-state index is 0.0114. The minimum atomic E-state index is -1.13. The molecule has 80 valence electrons. The molecule has 1 heterocycles. The zero-order chi connectivity index (χ0) is 11.4. The SMILES string of the molecule is NC(=O)c1ccc(OCC(=O)O)c(Cl)n1. The fourth-order valence-corrected chi connectivity index (χ4v) is 1.01. The number of nitrogens with zero attached hydrogens (tertiary/aromatic N) is 1. The molecule has 0 bridgehead atoms. The van der Waals surface area contributed by atoms with E-state index in [1.165, 1.54) is 12.1 Å². The molecule has 0 radical (unpaired) electrons. The fourth-order valence-electron chi connectivity index (χ4n) is 0.806. The second-order valence-corrected chi connectivity index (χ2v) is 2.89. The molecule has 1 amide bonds. The van der Waals surface area contributed by atoms with Crippen LogP contribution in [0.3, 0.4) is 0 Å². The monoisotopic (exact) mass is 230 g/mol. The predicted molar refractivity (Wildman–Crippen MR) is 50.9 cm³/mol. The molecule has 1 rings (SSSR count). The lowest BCUT2D eigenvalue weighted by Crippen LogP contribution is -2.14. The van der Waals surface area contributed by atoms with E-state index in [9.17, 15) is 9.59 Å². The number of primary amides is 1. The van der Waals surface area contributed by atoms with Gasteiger partial charge in [-0.3, -0.25) is 4.79 Å². The molecule has 0 aliphatic carbocycles. The van der Waals surface area contributed by atoms with Crippen LogP contribution in [0.4, 0.5) is 0 Å². The van der Waals surface area contributed by atoms with Gasteiger partial charge in [0, 0.05) is 0 Å². The number of carbonyl (C=O) groups excluding carboxylic acids is 1. The van der Waals surface area contributed by atoms with Gasteiger partial charge < -0.3 is 15.6 Å². The number of amides is 1. The number of carbonyl (C=O) groups is 2. The van der Waals surface area contributed by atoms with E-state index in [0.29, 0.717) is 0 Å². The molecule has 0 aromatic carbocycles. The van der Waals surface area contributed by atoms with Crippen molar-refractivity contribution >= 4 is 23.5 Å². The zero-order valence-electron chi connectivity index (χ0n) is 7.44. The molecule has 15 heavy (non-hydrogen) atoms. The number of aromatic nitrogens is 1. The Bertz CT molecular complexity index is 408. The maximum Gasteiger partial charge on any atom is 0.341 e. The summed E-state index contributed by atoms with van der Waals surface area (Å²) < 4.78 is 4.79. The molecule has 0 fully saturated rings. The van der Waals surface area contributed by atoms with Gasteiger partial charge in [-0.1, -0.05) is 11.6 Å². The number of nitrogens with two attached hydrogens (primary N) is 1. The first kappa shape index (κ1) is 11.3. The van der Waals surface area contributed by atoms with E-state index in [4.69, 9.17) is 27.2 Å². The Morgan fingerprint density at radius 2 is 2.20 bits per heavy atom. The molecule has 0 spiro atoms. The predicted octanol–water partition coefficient (Wildman–Crippen LogP) is 0.297. The topological polar surface area (TPSA) is 103 Å². The van der Waals surface area contributed by atoms with Crippen LogP contribution in [0.1, 0.15) is 10.5 Å². The molecule has 3 N–H and O–H groups in total. The van der Waals surface area contributed by atoms with Crippen LogP contribution in [0.25, 0.3) is 0 Å². The number of hydrogen-bond acceptors (Lipinski definition) is 4. The smallest absolute Gasteiger partial charge is 0.341 e. The van der Waals surface area contributed by atoms with Crippen LogP contribution in [-0.2, 0) is 4.79 Å². The number of pyridine rings is 1. The highest BCUT2D eigenvalue weighted by molar-refractivity contribution is 6.31. The van der Waals surface area contributed by atoms with Gasteiger partial charge in [-0.05, 0) is 12.1 Å². The van der Waals surface area contributed by atoms with Crippen molar-refractivity contribution in [2.75, 3.05) is 6.61 Å². The summed E-state index contributed by atoms with van der Waals surface area (Å²) in [4.78, 5) is 24.5. The van der Waals surface area contributed by atoms with E-state index >= 15 is 0 Å². The van der Waals surface area contributed by atoms with Crippen LogP contribution in [0.5, 0.6) is 5.75 Å². The largest absolute Gasteiger partial charge is 0.479 e. The van der Waals surface area contributed by atoms with Crippen LogP contribution in [-0.4, -0.2) is 28.6 Å². The van der Waals surface area contributed by atoms with Crippen LogP contribution >= 0.6 is 11.6 Å². The number of halogens is 1. The third kappa shape index (κ3) is 3.10. The van der Waals surface area contributed by atoms with Gasteiger partial charge in [0.25, 0.3) is 5.91 Å². The number of aliphatic carboxylic acids is 1. The van der Waals surface area contributed by atoms with Gasteiger partial charge in [0.1, 0.15) is 5.69 Å². The number of carboxylic acid groups (broad SMARTS) is 1. The van der Waals surface area contributed by atoms with Crippen molar-refractivity contribution < 1.29 is 19.4 Å². The van der Waals surface area contributed by atoms with Crippen LogP contribution in [0, 0.1) is 0 Å². The van der Waals surface area contributed by atoms with Gasteiger partial charge in [-0.25, -0.2) is 9.78 Å². The molecule has 0 unspecified atom stereocenters. The Morgan fingerprint density at radius 3 is 2.67 bits per heavy atom. The third-order valence-electron chi connectivity index (χ3n) is 1.42. The maximum atomic E-state index is 10.7. The quantitative estimate of drug-likeness (QED) is 0.724. The highest BCUT2D eigenvalue weighted by atomic mass is 35.5. The van der Waals surface area contributed by atoms with E-state index in [2.05, 4.69) is 4.98 Å². The Kier molecular flexibility index (Phi) is 3.46. The molecule has 0 aliphatic heterocycles. The van der Waals surface area contributed by atoms with Gasteiger partial charge in [-0.15, -0.1) is 0 Å². The van der Waals surface area contributed by atoms with Crippen LogP contribution in [0.2, 0.25) is 5.15 Å². The summed E-state index contributed by atoms with van der Waals surface area (Å²) in [7, 11) is 0. The first-order valence-corrected chi connectivity index (χ1v) is 4.19. The maximum absolute atomic E-state index is 10.7. The summed E-state index contributed by atoms with van der Waals surface area (Å²) >= 11 is 5.62. The number of rotatable bonds is 4. The van der Waals surface area contributed by atoms with Crippen LogP contribution < -0.4 is 10.5 Å². The Hall–Kier alpha value is -1.82. The number of hydrogen-bond donors (Lipinski definition) is 2. The van der Waals surface area contributed by atoms with Crippen molar-refractivity contribution in [1.29, 1.82) is 0 Å². The third-order valence-corrected chi connectivity index (χ3v) is 1.69. The summed E-state index contributed by atoms with van der Waals surface area (Å²) in [6.07, 6.45) is 0. The molecule has 0 atom stereocenters. The minimum Gasteiger partial charge on any atom is -0.479 e. The van der Waals surface area contributed by atoms with Crippen LogP contribution in [0.15, 0.2) is 12.1 Å². The van der Waals surface area contributed by atoms with Gasteiger partial charge >= 0.3 is 5.97 Å². The Balaban J connectivity index is 2.83. The first-order chi connectivity index (χ1) is 7.00. The summed E-state index contributed by atoms with van der Waals surface area (Å²) in [5, 5.41) is 8.24. The van der Waals surface area contributed by atoms with Crippen molar-refractivity contribution in [2.45, 2.75) is 0 Å². The van der Waals surface area contributed by atoms with Crippen molar-refractivity contribution in [1.82, 2.24) is 4.98 Å². The number of carboxylic acids is 1. The normalized spacial score (nSPS) is 9.67. The fraction of sp³-hybridized carbons (Fsp3) is 0.125. The summed E-state index contributed by atoms with van der Waals surface area (Å²) in [5.41, 5.74) is 4.95. The molecule has 0 saturated heterocycles. The first-order valence-electron chi connectivity index (χ1n) is 3.81. The lowest BCUT2D eigenvalue weighted by atomic mass is 10.3. The van der Waals surface area contributed by atoms with E-state index < -0.39 is 18.5 Å². The van der Waals surface area contributed by atoms with Crippen molar-refractivity contribution in [3.8, 4) is 5.75 Å². The summed E-state index contributed by atoms with van der Waals surface area (Å²) in [6.45, 7) is -0.530. The highest BCUT2D eigenvalue weighted by Crippen LogP contribution is 2.21. The molecule has 0 saturated carbocycles. The highest BCUT2D eigenvalue weighted by Gasteiger charge is 2.09. The average Bonchev–Trinajstić information content (AvgIpc) is 2.15. The average molecular weight is 231 g/mol. The van der Waals surface area contributed by atoms with E-state index in [1.54, 1.807) is 0 Å². The van der Waals surface area contributed by atoms with E-state index in [-0.39, 0.29) is 16.6 Å². The number of ether oxygens (including phenoxy) is 1.